The third-order valence-corrected chi connectivity index (χ3v) is 4.86. The standard InChI is InChI=1S/C17H25N3O/c1-2-5-17(21-15-6-7-15)16(4-1)18-20-12-8-14(9-13-20)19-10-3-11-19/h1-2,4-5,14-15,18H,3,6-13H2. The van der Waals surface area contributed by atoms with Crippen molar-refractivity contribution in [2.75, 3.05) is 31.6 Å². The lowest BCUT2D eigenvalue weighted by Crippen LogP contribution is -2.51. The number of ether oxygens (including phenoxy) is 1. The Balaban J connectivity index is 1.33. The fraction of sp³-hybridized carbons (Fsp3) is 0.647. The number of likely N-dealkylation sites (tertiary alicyclic amines) is 1. The van der Waals surface area contributed by atoms with Crippen molar-refractivity contribution in [3.05, 3.63) is 24.3 Å². The molecular formula is C17H25N3O. The molecule has 21 heavy (non-hydrogen) atoms. The maximum absolute atomic E-state index is 5.99. The molecule has 3 aliphatic rings. The summed E-state index contributed by atoms with van der Waals surface area (Å²) in [4.78, 5) is 2.64. The largest absolute Gasteiger partial charge is 0.488 e. The Kier molecular flexibility index (Phi) is 3.74. The predicted octanol–water partition coefficient (Wildman–Crippen LogP) is 2.72. The van der Waals surface area contributed by atoms with E-state index in [1.165, 1.54) is 45.2 Å². The molecule has 4 rings (SSSR count). The normalized spacial score (nSPS) is 24.6. The summed E-state index contributed by atoms with van der Waals surface area (Å²) in [5, 5.41) is 2.35. The molecule has 3 fully saturated rings. The summed E-state index contributed by atoms with van der Waals surface area (Å²) in [6, 6.07) is 9.15. The second-order valence-electron chi connectivity index (χ2n) is 6.53. The fourth-order valence-corrected chi connectivity index (χ4v) is 3.25. The highest BCUT2D eigenvalue weighted by Crippen LogP contribution is 2.32. The molecule has 2 heterocycles. The molecule has 1 saturated carbocycles. The summed E-state index contributed by atoms with van der Waals surface area (Å²) < 4.78 is 5.99. The van der Waals surface area contributed by atoms with Crippen LogP contribution in [-0.2, 0) is 0 Å². The molecule has 0 amide bonds. The molecule has 2 aliphatic heterocycles. The molecule has 4 heteroatoms. The predicted molar refractivity (Wildman–Crippen MR) is 84.5 cm³/mol. The summed E-state index contributed by atoms with van der Waals surface area (Å²) in [7, 11) is 0. The van der Waals surface area contributed by atoms with Crippen LogP contribution in [0.5, 0.6) is 5.75 Å². The van der Waals surface area contributed by atoms with Gasteiger partial charge in [0.2, 0.25) is 0 Å². The van der Waals surface area contributed by atoms with Gasteiger partial charge in [-0.3, -0.25) is 0 Å². The van der Waals surface area contributed by atoms with Crippen LogP contribution in [0.15, 0.2) is 24.3 Å². The van der Waals surface area contributed by atoms with E-state index < -0.39 is 0 Å². The average molecular weight is 287 g/mol. The number of para-hydroxylation sites is 2. The van der Waals surface area contributed by atoms with Gasteiger partial charge in [-0.1, -0.05) is 12.1 Å². The van der Waals surface area contributed by atoms with E-state index in [2.05, 4.69) is 39.6 Å². The fourth-order valence-electron chi connectivity index (χ4n) is 3.25. The minimum Gasteiger partial charge on any atom is -0.488 e. The molecule has 0 spiro atoms. The quantitative estimate of drug-likeness (QED) is 0.901. The van der Waals surface area contributed by atoms with E-state index in [1.807, 2.05) is 0 Å². The zero-order chi connectivity index (χ0) is 14.1. The molecule has 1 aromatic carbocycles. The zero-order valence-corrected chi connectivity index (χ0v) is 12.6. The summed E-state index contributed by atoms with van der Waals surface area (Å²) >= 11 is 0. The molecule has 114 valence electrons. The molecule has 4 nitrogen and oxygen atoms in total. The zero-order valence-electron chi connectivity index (χ0n) is 12.6. The van der Waals surface area contributed by atoms with Crippen molar-refractivity contribution in [1.29, 1.82) is 0 Å². The van der Waals surface area contributed by atoms with Gasteiger partial charge in [0.25, 0.3) is 0 Å². The van der Waals surface area contributed by atoms with Gasteiger partial charge in [-0.05, 0) is 57.3 Å². The van der Waals surface area contributed by atoms with Gasteiger partial charge in [0.1, 0.15) is 5.75 Å². The summed E-state index contributed by atoms with van der Waals surface area (Å²) in [5.74, 6) is 1.00. The van der Waals surface area contributed by atoms with E-state index >= 15 is 0 Å². The first-order chi connectivity index (χ1) is 10.4. The van der Waals surface area contributed by atoms with Gasteiger partial charge in [-0.2, -0.15) is 0 Å². The Morgan fingerprint density at radius 3 is 2.38 bits per heavy atom. The summed E-state index contributed by atoms with van der Waals surface area (Å²) in [6.45, 7) is 4.88. The molecular weight excluding hydrogens is 262 g/mol. The Bertz CT molecular complexity index is 477. The first kappa shape index (κ1) is 13.4. The Morgan fingerprint density at radius 1 is 0.952 bits per heavy atom. The van der Waals surface area contributed by atoms with Crippen molar-refractivity contribution in [2.45, 2.75) is 44.2 Å². The minimum absolute atomic E-state index is 0.449. The number of hydrogen-bond donors (Lipinski definition) is 1. The van der Waals surface area contributed by atoms with Crippen LogP contribution in [0, 0.1) is 0 Å². The Labute approximate surface area is 127 Å². The number of piperidine rings is 1. The second kappa shape index (κ2) is 5.85. The summed E-state index contributed by atoms with van der Waals surface area (Å²) in [6.07, 6.45) is 6.80. The van der Waals surface area contributed by atoms with Crippen LogP contribution in [0.2, 0.25) is 0 Å². The Hall–Kier alpha value is -1.26. The molecule has 2 saturated heterocycles. The van der Waals surface area contributed by atoms with Crippen LogP contribution in [0.3, 0.4) is 0 Å². The summed E-state index contributed by atoms with van der Waals surface area (Å²) in [5.41, 5.74) is 4.69. The number of rotatable bonds is 5. The van der Waals surface area contributed by atoms with Crippen LogP contribution < -0.4 is 10.2 Å². The van der Waals surface area contributed by atoms with Crippen LogP contribution in [0.4, 0.5) is 5.69 Å². The van der Waals surface area contributed by atoms with Gasteiger partial charge in [0.05, 0.1) is 11.8 Å². The number of nitrogens with zero attached hydrogens (tertiary/aromatic N) is 2. The molecule has 1 N–H and O–H groups in total. The van der Waals surface area contributed by atoms with Crippen molar-refractivity contribution in [3.8, 4) is 5.75 Å². The maximum atomic E-state index is 5.99. The number of anilines is 1. The van der Waals surface area contributed by atoms with Crippen molar-refractivity contribution >= 4 is 5.69 Å². The monoisotopic (exact) mass is 287 g/mol. The van der Waals surface area contributed by atoms with E-state index in [4.69, 9.17) is 4.74 Å². The van der Waals surface area contributed by atoms with E-state index in [-0.39, 0.29) is 0 Å². The second-order valence-corrected chi connectivity index (χ2v) is 6.53. The number of hydrazine groups is 1. The number of benzene rings is 1. The minimum atomic E-state index is 0.449. The highest BCUT2D eigenvalue weighted by Gasteiger charge is 2.28. The van der Waals surface area contributed by atoms with Gasteiger partial charge in [-0.25, -0.2) is 5.01 Å². The number of hydrogen-bond acceptors (Lipinski definition) is 4. The van der Waals surface area contributed by atoms with Crippen molar-refractivity contribution < 1.29 is 4.74 Å². The van der Waals surface area contributed by atoms with Crippen LogP contribution >= 0.6 is 0 Å². The van der Waals surface area contributed by atoms with Gasteiger partial charge in [0.15, 0.2) is 0 Å². The van der Waals surface area contributed by atoms with Crippen LogP contribution in [0.1, 0.15) is 32.1 Å². The SMILES string of the molecule is c1ccc(OC2CC2)c(NN2CCC(N3CCC3)CC2)c1. The van der Waals surface area contributed by atoms with Gasteiger partial charge >= 0.3 is 0 Å². The molecule has 0 aromatic heterocycles. The highest BCUT2D eigenvalue weighted by molar-refractivity contribution is 5.55. The molecule has 0 atom stereocenters. The first-order valence-corrected chi connectivity index (χ1v) is 8.40. The number of nitrogens with one attached hydrogen (secondary N) is 1. The van der Waals surface area contributed by atoms with Gasteiger partial charge < -0.3 is 15.1 Å². The first-order valence-electron chi connectivity index (χ1n) is 8.40. The van der Waals surface area contributed by atoms with Gasteiger partial charge in [0, 0.05) is 19.1 Å². The third-order valence-electron chi connectivity index (χ3n) is 4.86. The smallest absolute Gasteiger partial charge is 0.144 e. The maximum Gasteiger partial charge on any atom is 0.144 e. The van der Waals surface area contributed by atoms with Crippen LogP contribution in [0.25, 0.3) is 0 Å². The van der Waals surface area contributed by atoms with E-state index in [9.17, 15) is 0 Å². The van der Waals surface area contributed by atoms with Gasteiger partial charge in [-0.15, -0.1) is 0 Å². The molecule has 1 aromatic rings. The van der Waals surface area contributed by atoms with Crippen molar-refractivity contribution in [2.24, 2.45) is 0 Å². The third kappa shape index (κ3) is 3.16. The van der Waals surface area contributed by atoms with E-state index in [0.29, 0.717) is 6.10 Å². The van der Waals surface area contributed by atoms with E-state index in [1.54, 1.807) is 0 Å². The lowest BCUT2D eigenvalue weighted by Gasteiger charge is -2.43. The molecule has 1 aliphatic carbocycles. The lowest BCUT2D eigenvalue weighted by atomic mass is 10.0. The average Bonchev–Trinajstić information content (AvgIpc) is 3.25. The molecule has 0 unspecified atom stereocenters. The molecule has 0 bridgehead atoms. The Morgan fingerprint density at radius 2 is 1.71 bits per heavy atom. The van der Waals surface area contributed by atoms with Crippen molar-refractivity contribution in [1.82, 2.24) is 9.91 Å². The highest BCUT2D eigenvalue weighted by atomic mass is 16.5. The van der Waals surface area contributed by atoms with Crippen molar-refractivity contribution in [3.63, 3.8) is 0 Å². The lowest BCUT2D eigenvalue weighted by molar-refractivity contribution is 0.0702. The molecule has 0 radical (unpaired) electrons. The topological polar surface area (TPSA) is 27.7 Å². The van der Waals surface area contributed by atoms with E-state index in [0.717, 1.165) is 30.6 Å². The van der Waals surface area contributed by atoms with Crippen LogP contribution in [-0.4, -0.2) is 48.2 Å².